The third-order valence-corrected chi connectivity index (χ3v) is 2.55. The summed E-state index contributed by atoms with van der Waals surface area (Å²) in [6, 6.07) is 7.25. The van der Waals surface area contributed by atoms with Crippen LogP contribution in [0.4, 0.5) is 5.69 Å². The lowest BCUT2D eigenvalue weighted by molar-refractivity contribution is 0.398. The van der Waals surface area contributed by atoms with Crippen molar-refractivity contribution in [2.24, 2.45) is 0 Å². The van der Waals surface area contributed by atoms with Gasteiger partial charge in [-0.25, -0.2) is 9.97 Å². The van der Waals surface area contributed by atoms with Gasteiger partial charge in [-0.2, -0.15) is 0 Å². The molecule has 0 aromatic carbocycles. The van der Waals surface area contributed by atoms with E-state index in [1.165, 1.54) is 0 Å². The number of aromatic nitrogens is 2. The van der Waals surface area contributed by atoms with Gasteiger partial charge in [0.05, 0.1) is 18.5 Å². The maximum atomic E-state index is 5.85. The van der Waals surface area contributed by atoms with Crippen LogP contribution < -0.4 is 10.5 Å². The molecule has 0 aliphatic rings. The second kappa shape index (κ2) is 4.49. The first-order valence-electron chi connectivity index (χ1n) is 4.63. The van der Waals surface area contributed by atoms with Gasteiger partial charge < -0.3 is 10.5 Å². The summed E-state index contributed by atoms with van der Waals surface area (Å²) in [5, 5.41) is 0. The van der Waals surface area contributed by atoms with Crippen LogP contribution in [0.25, 0.3) is 11.3 Å². The van der Waals surface area contributed by atoms with E-state index >= 15 is 0 Å². The third-order valence-electron chi connectivity index (χ3n) is 2.11. The molecule has 2 aromatic rings. The van der Waals surface area contributed by atoms with Crippen molar-refractivity contribution >= 4 is 21.6 Å². The molecule has 0 saturated carbocycles. The monoisotopic (exact) mass is 279 g/mol. The molecular formula is C11H10BrN3O. The number of pyridine rings is 2. The van der Waals surface area contributed by atoms with Crippen LogP contribution in [0.2, 0.25) is 0 Å². The fraction of sp³-hybridized carbons (Fsp3) is 0.0909. The van der Waals surface area contributed by atoms with E-state index < -0.39 is 0 Å². The molecule has 0 atom stereocenters. The number of nitrogens with two attached hydrogens (primary N) is 1. The maximum Gasteiger partial charge on any atom is 0.212 e. The summed E-state index contributed by atoms with van der Waals surface area (Å²) in [7, 11) is 1.58. The second-order valence-corrected chi connectivity index (χ2v) is 3.97. The first-order chi connectivity index (χ1) is 7.70. The molecule has 2 rings (SSSR count). The van der Waals surface area contributed by atoms with Crippen molar-refractivity contribution in [3.8, 4) is 17.1 Å². The van der Waals surface area contributed by atoms with E-state index in [1.54, 1.807) is 31.5 Å². The molecule has 0 saturated heterocycles. The first-order valence-corrected chi connectivity index (χ1v) is 5.42. The highest BCUT2D eigenvalue weighted by molar-refractivity contribution is 9.10. The van der Waals surface area contributed by atoms with Crippen molar-refractivity contribution in [1.29, 1.82) is 0 Å². The highest BCUT2D eigenvalue weighted by Crippen LogP contribution is 2.25. The average Bonchev–Trinajstić information content (AvgIpc) is 2.32. The molecule has 4 nitrogen and oxygen atoms in total. The molecule has 0 bridgehead atoms. The molecule has 0 aliphatic heterocycles. The number of hydrogen-bond acceptors (Lipinski definition) is 4. The van der Waals surface area contributed by atoms with Gasteiger partial charge in [-0.15, -0.1) is 0 Å². The summed E-state index contributed by atoms with van der Waals surface area (Å²) >= 11 is 3.31. The van der Waals surface area contributed by atoms with Gasteiger partial charge in [-0.3, -0.25) is 0 Å². The van der Waals surface area contributed by atoms with Crippen molar-refractivity contribution in [3.63, 3.8) is 0 Å². The Morgan fingerprint density at radius 1 is 1.25 bits per heavy atom. The lowest BCUT2D eigenvalue weighted by atomic mass is 10.1. The predicted octanol–water partition coefficient (Wildman–Crippen LogP) is 2.50. The smallest absolute Gasteiger partial charge is 0.212 e. The number of nitrogen functional groups attached to an aromatic ring is 1. The Labute approximate surface area is 102 Å². The Kier molecular flexibility index (Phi) is 3.05. The molecule has 2 heterocycles. The SMILES string of the molecule is COc1ccc(-c2nc(Br)ccc2N)cn1. The molecule has 0 spiro atoms. The Morgan fingerprint density at radius 3 is 2.69 bits per heavy atom. The summed E-state index contributed by atoms with van der Waals surface area (Å²) in [6.45, 7) is 0. The summed E-state index contributed by atoms with van der Waals surface area (Å²) < 4.78 is 5.73. The molecule has 2 N–H and O–H groups in total. The van der Waals surface area contributed by atoms with Gasteiger partial charge in [-0.1, -0.05) is 0 Å². The largest absolute Gasteiger partial charge is 0.481 e. The molecule has 2 aromatic heterocycles. The molecule has 82 valence electrons. The molecule has 16 heavy (non-hydrogen) atoms. The van der Waals surface area contributed by atoms with Crippen LogP contribution in [-0.4, -0.2) is 17.1 Å². The average molecular weight is 280 g/mol. The molecule has 0 amide bonds. The van der Waals surface area contributed by atoms with Crippen LogP contribution in [0.5, 0.6) is 5.88 Å². The Bertz CT molecular complexity index is 499. The van der Waals surface area contributed by atoms with E-state index in [0.717, 1.165) is 10.2 Å². The lowest BCUT2D eigenvalue weighted by Gasteiger charge is -2.05. The zero-order valence-electron chi connectivity index (χ0n) is 8.64. The van der Waals surface area contributed by atoms with E-state index in [4.69, 9.17) is 10.5 Å². The van der Waals surface area contributed by atoms with E-state index in [-0.39, 0.29) is 0 Å². The lowest BCUT2D eigenvalue weighted by Crippen LogP contribution is -1.94. The predicted molar refractivity (Wildman–Crippen MR) is 66.1 cm³/mol. The van der Waals surface area contributed by atoms with Crippen LogP contribution in [0.3, 0.4) is 0 Å². The minimum Gasteiger partial charge on any atom is -0.481 e. The van der Waals surface area contributed by atoms with Crippen LogP contribution in [0.1, 0.15) is 0 Å². The number of halogens is 1. The Morgan fingerprint density at radius 2 is 2.06 bits per heavy atom. The van der Waals surface area contributed by atoms with E-state index in [9.17, 15) is 0 Å². The number of hydrogen-bond donors (Lipinski definition) is 1. The van der Waals surface area contributed by atoms with E-state index in [2.05, 4.69) is 25.9 Å². The fourth-order valence-electron chi connectivity index (χ4n) is 1.32. The van der Waals surface area contributed by atoms with Crippen molar-refractivity contribution in [2.45, 2.75) is 0 Å². The molecule has 0 radical (unpaired) electrons. The van der Waals surface area contributed by atoms with Gasteiger partial charge >= 0.3 is 0 Å². The van der Waals surface area contributed by atoms with E-state index in [1.807, 2.05) is 6.07 Å². The summed E-state index contributed by atoms with van der Waals surface area (Å²) in [5.41, 5.74) is 8.04. The van der Waals surface area contributed by atoms with Gasteiger partial charge in [0.15, 0.2) is 0 Å². The molecular weight excluding hydrogens is 270 g/mol. The highest BCUT2D eigenvalue weighted by atomic mass is 79.9. The van der Waals surface area contributed by atoms with Gasteiger partial charge in [-0.05, 0) is 34.1 Å². The van der Waals surface area contributed by atoms with Crippen LogP contribution in [-0.2, 0) is 0 Å². The quantitative estimate of drug-likeness (QED) is 0.858. The normalized spacial score (nSPS) is 10.1. The van der Waals surface area contributed by atoms with Gasteiger partial charge in [0, 0.05) is 17.8 Å². The fourth-order valence-corrected chi connectivity index (χ4v) is 1.63. The minimum atomic E-state index is 0.567. The minimum absolute atomic E-state index is 0.567. The van der Waals surface area contributed by atoms with Crippen LogP contribution in [0, 0.1) is 0 Å². The number of ether oxygens (including phenoxy) is 1. The number of rotatable bonds is 2. The zero-order chi connectivity index (χ0) is 11.5. The molecule has 0 aliphatic carbocycles. The standard InChI is InChI=1S/C11H10BrN3O/c1-16-10-5-2-7(6-14-10)11-8(13)3-4-9(12)15-11/h2-6H,13H2,1H3. The van der Waals surface area contributed by atoms with Gasteiger partial charge in [0.1, 0.15) is 4.60 Å². The van der Waals surface area contributed by atoms with Crippen LogP contribution >= 0.6 is 15.9 Å². The summed E-state index contributed by atoms with van der Waals surface area (Å²) in [6.07, 6.45) is 1.68. The number of methoxy groups -OCH3 is 1. The Hall–Kier alpha value is -1.62. The number of nitrogens with zero attached hydrogens (tertiary/aromatic N) is 2. The Balaban J connectivity index is 2.45. The zero-order valence-corrected chi connectivity index (χ0v) is 10.2. The first kappa shape index (κ1) is 10.9. The maximum absolute atomic E-state index is 5.85. The van der Waals surface area contributed by atoms with Crippen molar-refractivity contribution in [1.82, 2.24) is 9.97 Å². The topological polar surface area (TPSA) is 61.0 Å². The molecule has 5 heteroatoms. The molecule has 0 fully saturated rings. The second-order valence-electron chi connectivity index (χ2n) is 3.16. The van der Waals surface area contributed by atoms with E-state index in [0.29, 0.717) is 17.3 Å². The number of anilines is 1. The van der Waals surface area contributed by atoms with Gasteiger partial charge in [0.25, 0.3) is 0 Å². The van der Waals surface area contributed by atoms with Gasteiger partial charge in [0.2, 0.25) is 5.88 Å². The summed E-state index contributed by atoms with van der Waals surface area (Å²) in [5.74, 6) is 0.567. The third kappa shape index (κ3) is 2.14. The highest BCUT2D eigenvalue weighted by Gasteiger charge is 2.05. The van der Waals surface area contributed by atoms with Crippen molar-refractivity contribution in [3.05, 3.63) is 35.1 Å². The molecule has 0 unspecified atom stereocenters. The summed E-state index contributed by atoms with van der Waals surface area (Å²) in [4.78, 5) is 8.42. The van der Waals surface area contributed by atoms with Crippen LogP contribution in [0.15, 0.2) is 35.1 Å². The van der Waals surface area contributed by atoms with Crippen molar-refractivity contribution in [2.75, 3.05) is 12.8 Å². The van der Waals surface area contributed by atoms with Crippen molar-refractivity contribution < 1.29 is 4.74 Å².